The fourth-order valence-corrected chi connectivity index (χ4v) is 5.46. The minimum absolute atomic E-state index is 0.0592. The van der Waals surface area contributed by atoms with E-state index in [1.54, 1.807) is 35.7 Å². The van der Waals surface area contributed by atoms with Crippen molar-refractivity contribution in [3.8, 4) is 5.75 Å². The summed E-state index contributed by atoms with van der Waals surface area (Å²) in [5, 5.41) is 3.76. The number of fused-ring (bicyclic) bond motifs is 1. The molecule has 2 aliphatic rings. The van der Waals surface area contributed by atoms with Crippen LogP contribution in [0.2, 0.25) is 0 Å². The molecule has 0 bridgehead atoms. The van der Waals surface area contributed by atoms with Gasteiger partial charge in [0, 0.05) is 49.4 Å². The first kappa shape index (κ1) is 30.1. The van der Waals surface area contributed by atoms with Crippen molar-refractivity contribution >= 4 is 40.7 Å². The van der Waals surface area contributed by atoms with E-state index in [0.717, 1.165) is 31.4 Å². The van der Waals surface area contributed by atoms with Gasteiger partial charge >= 0.3 is 12.2 Å². The summed E-state index contributed by atoms with van der Waals surface area (Å²) in [6.07, 6.45) is 5.85. The number of carbonyl (C=O) groups excluding carboxylic acids is 2. The van der Waals surface area contributed by atoms with Crippen LogP contribution in [0.1, 0.15) is 65.0 Å². The Morgan fingerprint density at radius 3 is 2.40 bits per heavy atom. The van der Waals surface area contributed by atoms with E-state index in [1.165, 1.54) is 0 Å². The third-order valence-electron chi connectivity index (χ3n) is 7.58. The van der Waals surface area contributed by atoms with Gasteiger partial charge in [-0.25, -0.2) is 19.6 Å². The molecule has 5 rings (SSSR count). The molecule has 43 heavy (non-hydrogen) atoms. The first-order chi connectivity index (χ1) is 20.5. The van der Waals surface area contributed by atoms with Crippen LogP contribution in [0.5, 0.6) is 5.75 Å². The highest BCUT2D eigenvalue weighted by Gasteiger charge is 2.28. The van der Waals surface area contributed by atoms with Gasteiger partial charge in [0.1, 0.15) is 17.1 Å². The molecule has 230 valence electrons. The molecule has 1 N–H and O–H groups in total. The molecule has 0 radical (unpaired) electrons. The molecule has 3 aromatic rings. The summed E-state index contributed by atoms with van der Waals surface area (Å²) >= 11 is 0. The van der Waals surface area contributed by atoms with Crippen molar-refractivity contribution in [1.82, 2.24) is 24.4 Å². The lowest BCUT2D eigenvalue weighted by atomic mass is 10.1. The summed E-state index contributed by atoms with van der Waals surface area (Å²) in [5.74, 6) is 0.777. The van der Waals surface area contributed by atoms with Crippen LogP contribution in [-0.2, 0) is 9.47 Å². The number of aromatic nitrogens is 4. The maximum atomic E-state index is 13.6. The van der Waals surface area contributed by atoms with Gasteiger partial charge in [0.15, 0.2) is 0 Å². The minimum atomic E-state index is -0.918. The Kier molecular flexibility index (Phi) is 8.69. The molecule has 13 nitrogen and oxygen atoms in total. The number of piperazine rings is 1. The van der Waals surface area contributed by atoms with Crippen LogP contribution in [0, 0.1) is 6.92 Å². The van der Waals surface area contributed by atoms with Crippen molar-refractivity contribution in [2.45, 2.75) is 71.9 Å². The largest absolute Gasteiger partial charge is 0.514 e. The lowest BCUT2D eigenvalue weighted by Crippen LogP contribution is -2.50. The Bertz CT molecular complexity index is 1540. The highest BCUT2D eigenvalue weighted by Crippen LogP contribution is 2.33. The summed E-state index contributed by atoms with van der Waals surface area (Å²) in [6, 6.07) is 3.74. The predicted molar refractivity (Wildman–Crippen MR) is 161 cm³/mol. The summed E-state index contributed by atoms with van der Waals surface area (Å²) in [7, 11) is 0. The molecule has 1 saturated carbocycles. The van der Waals surface area contributed by atoms with E-state index in [4.69, 9.17) is 19.2 Å². The molecule has 1 amide bonds. The minimum Gasteiger partial charge on any atom is -0.444 e. The zero-order chi connectivity index (χ0) is 30.7. The predicted octanol–water partition coefficient (Wildman–Crippen LogP) is 4.95. The molecule has 1 saturated heterocycles. The van der Waals surface area contributed by atoms with E-state index in [-0.39, 0.29) is 24.5 Å². The van der Waals surface area contributed by atoms with E-state index in [0.29, 0.717) is 54.5 Å². The molecule has 0 spiro atoms. The van der Waals surface area contributed by atoms with Crippen LogP contribution < -0.4 is 20.5 Å². The maximum absolute atomic E-state index is 13.6. The van der Waals surface area contributed by atoms with E-state index in [2.05, 4.69) is 20.2 Å². The van der Waals surface area contributed by atoms with E-state index < -0.39 is 17.3 Å². The molecule has 2 fully saturated rings. The number of hydrogen-bond acceptors (Lipinski definition) is 11. The molecule has 0 atom stereocenters. The molecule has 0 aromatic carbocycles. The van der Waals surface area contributed by atoms with E-state index >= 15 is 0 Å². The zero-order valence-corrected chi connectivity index (χ0v) is 25.4. The van der Waals surface area contributed by atoms with Gasteiger partial charge in [0.05, 0.1) is 18.5 Å². The van der Waals surface area contributed by atoms with Gasteiger partial charge in [-0.05, 0) is 59.6 Å². The van der Waals surface area contributed by atoms with Crippen molar-refractivity contribution in [1.29, 1.82) is 0 Å². The maximum Gasteiger partial charge on any atom is 0.514 e. The van der Waals surface area contributed by atoms with Crippen LogP contribution in [0.15, 0.2) is 29.3 Å². The normalized spacial score (nSPS) is 15.9. The summed E-state index contributed by atoms with van der Waals surface area (Å²) < 4.78 is 17.4. The first-order valence-corrected chi connectivity index (χ1v) is 14.8. The second-order valence-corrected chi connectivity index (χ2v) is 11.8. The monoisotopic (exact) mass is 593 g/mol. The molecule has 13 heteroatoms. The van der Waals surface area contributed by atoms with Gasteiger partial charge in [-0.2, -0.15) is 4.98 Å². The Morgan fingerprint density at radius 2 is 1.77 bits per heavy atom. The average Bonchev–Trinajstić information content (AvgIpc) is 3.50. The smallest absolute Gasteiger partial charge is 0.444 e. The van der Waals surface area contributed by atoms with Gasteiger partial charge < -0.3 is 29.3 Å². The van der Waals surface area contributed by atoms with Crippen molar-refractivity contribution in [2.24, 2.45) is 0 Å². The van der Waals surface area contributed by atoms with E-state index in [9.17, 15) is 14.4 Å². The number of nitrogens with zero attached hydrogens (tertiary/aromatic N) is 6. The molecule has 4 heterocycles. The van der Waals surface area contributed by atoms with E-state index in [1.807, 2.05) is 32.9 Å². The number of rotatable bonds is 6. The van der Waals surface area contributed by atoms with Gasteiger partial charge in [-0.1, -0.05) is 12.8 Å². The number of nitrogens with one attached hydrogen (secondary N) is 1. The van der Waals surface area contributed by atoms with Crippen LogP contribution in [0.25, 0.3) is 11.0 Å². The first-order valence-electron chi connectivity index (χ1n) is 14.8. The van der Waals surface area contributed by atoms with Crippen LogP contribution >= 0.6 is 0 Å². The van der Waals surface area contributed by atoms with Crippen LogP contribution in [0.4, 0.5) is 27.0 Å². The third-order valence-corrected chi connectivity index (χ3v) is 7.58. The fourth-order valence-electron chi connectivity index (χ4n) is 5.46. The number of ether oxygens (including phenoxy) is 3. The molecule has 1 aliphatic carbocycles. The van der Waals surface area contributed by atoms with Crippen molar-refractivity contribution < 1.29 is 23.8 Å². The summed E-state index contributed by atoms with van der Waals surface area (Å²) in [5.41, 5.74) is 0.951. The Balaban J connectivity index is 1.34. The van der Waals surface area contributed by atoms with Gasteiger partial charge in [0.25, 0.3) is 5.56 Å². The van der Waals surface area contributed by atoms with Crippen molar-refractivity contribution in [2.75, 3.05) is 43.0 Å². The Hall–Kier alpha value is -4.42. The molecular formula is C30H39N7O6. The Labute approximate surface area is 250 Å². The van der Waals surface area contributed by atoms with Gasteiger partial charge in [-0.15, -0.1) is 0 Å². The number of pyridine rings is 2. The summed E-state index contributed by atoms with van der Waals surface area (Å²) in [4.78, 5) is 55.7. The molecule has 0 unspecified atom stereocenters. The summed E-state index contributed by atoms with van der Waals surface area (Å²) in [6.45, 7) is 11.6. The van der Waals surface area contributed by atoms with Crippen LogP contribution in [0.3, 0.4) is 0 Å². The quantitative estimate of drug-likeness (QED) is 0.388. The molecule has 1 aliphatic heterocycles. The average molecular weight is 594 g/mol. The lowest BCUT2D eigenvalue weighted by Gasteiger charge is -2.36. The number of anilines is 3. The number of aryl methyl sites for hydroxylation is 1. The van der Waals surface area contributed by atoms with Gasteiger partial charge in [-0.3, -0.25) is 9.36 Å². The number of hydrogen-bond donors (Lipinski definition) is 1. The highest BCUT2D eigenvalue weighted by molar-refractivity contribution is 5.82. The standard InChI is InChI=1S/C30H39N7O6/c1-6-41-29(40)42-24-19(2)22-18-32-27(34-25(22)37(26(24)38)20-9-7-8-10-20)33-23-12-11-21(17-31-23)35-13-15-36(16-14-35)28(39)43-30(3,4)5/h11-12,17-18,20H,6-10,13-16H2,1-5H3,(H,31,32,33,34). The van der Waals surface area contributed by atoms with Crippen molar-refractivity contribution in [3.63, 3.8) is 0 Å². The van der Waals surface area contributed by atoms with Crippen LogP contribution in [-0.4, -0.2) is 75.1 Å². The van der Waals surface area contributed by atoms with Gasteiger partial charge in [0.2, 0.25) is 11.7 Å². The second kappa shape index (κ2) is 12.4. The third kappa shape index (κ3) is 6.81. The Morgan fingerprint density at radius 1 is 1.05 bits per heavy atom. The second-order valence-electron chi connectivity index (χ2n) is 11.8. The topological polar surface area (TPSA) is 141 Å². The van der Waals surface area contributed by atoms with Crippen molar-refractivity contribution in [3.05, 3.63) is 40.4 Å². The number of carbonyl (C=O) groups is 2. The molecule has 3 aromatic heterocycles. The highest BCUT2D eigenvalue weighted by atomic mass is 16.7. The SMILES string of the molecule is CCOC(=O)Oc1c(C)c2cnc(Nc3ccc(N4CCN(C(=O)OC(C)(C)C)CC4)cn3)nc2n(C2CCCC2)c1=O. The molecular weight excluding hydrogens is 554 g/mol. The lowest BCUT2D eigenvalue weighted by molar-refractivity contribution is 0.0240. The fraction of sp³-hybridized carbons (Fsp3) is 0.533. The zero-order valence-electron chi connectivity index (χ0n) is 25.4. The number of amides is 1.